The molecule has 2 aromatic rings. The maximum atomic E-state index is 12.0. The van der Waals surface area contributed by atoms with Crippen molar-refractivity contribution in [1.82, 2.24) is 5.32 Å². The first-order valence-corrected chi connectivity index (χ1v) is 8.35. The highest BCUT2D eigenvalue weighted by Crippen LogP contribution is 2.14. The van der Waals surface area contributed by atoms with Gasteiger partial charge >= 0.3 is 5.97 Å². The number of benzene rings is 2. The summed E-state index contributed by atoms with van der Waals surface area (Å²) in [6, 6.07) is 16.4. The van der Waals surface area contributed by atoms with Gasteiger partial charge in [0.05, 0.1) is 0 Å². The van der Waals surface area contributed by atoms with Crippen LogP contribution in [0.5, 0.6) is 0 Å². The number of ether oxygens (including phenoxy) is 1. The van der Waals surface area contributed by atoms with Gasteiger partial charge in [-0.3, -0.25) is 0 Å². The highest BCUT2D eigenvalue weighted by atomic mass is 35.5. The Morgan fingerprint density at radius 1 is 1.17 bits per heavy atom. The molecule has 4 nitrogen and oxygen atoms in total. The van der Waals surface area contributed by atoms with E-state index in [4.69, 9.17) is 16.3 Å². The largest absolute Gasteiger partial charge is 0.462 e. The molecule has 5 heteroatoms. The standard InChI is InChI=1S/C19H22ClNO3/c1-2-17(21-12-14-8-10-16(20)11-9-14)13-24-19(23)18(22)15-6-4-3-5-7-15/h3-11,17-18,21-22H,2,12-13H2,1H3. The van der Waals surface area contributed by atoms with Gasteiger partial charge in [0, 0.05) is 17.6 Å². The molecule has 0 bridgehead atoms. The van der Waals surface area contributed by atoms with E-state index in [9.17, 15) is 9.90 Å². The molecule has 2 unspecified atom stereocenters. The van der Waals surface area contributed by atoms with Crippen LogP contribution < -0.4 is 5.32 Å². The normalized spacial score (nSPS) is 13.3. The van der Waals surface area contributed by atoms with E-state index in [1.165, 1.54) is 0 Å². The van der Waals surface area contributed by atoms with Crippen molar-refractivity contribution in [1.29, 1.82) is 0 Å². The van der Waals surface area contributed by atoms with Gasteiger partial charge in [0.25, 0.3) is 0 Å². The molecule has 2 aromatic carbocycles. The molecule has 0 aliphatic carbocycles. The van der Waals surface area contributed by atoms with Crippen LogP contribution >= 0.6 is 11.6 Å². The first-order valence-electron chi connectivity index (χ1n) is 7.97. The Morgan fingerprint density at radius 3 is 2.46 bits per heavy atom. The van der Waals surface area contributed by atoms with Crippen LogP contribution in [0.15, 0.2) is 54.6 Å². The molecule has 2 N–H and O–H groups in total. The van der Waals surface area contributed by atoms with Gasteiger partial charge in [-0.05, 0) is 29.7 Å². The predicted molar refractivity (Wildman–Crippen MR) is 94.7 cm³/mol. The Hall–Kier alpha value is -1.88. The van der Waals surface area contributed by atoms with E-state index >= 15 is 0 Å². The predicted octanol–water partition coefficient (Wildman–Crippen LogP) is 3.49. The fourth-order valence-corrected chi connectivity index (χ4v) is 2.34. The fourth-order valence-electron chi connectivity index (χ4n) is 2.22. The van der Waals surface area contributed by atoms with Gasteiger partial charge in [-0.15, -0.1) is 0 Å². The minimum Gasteiger partial charge on any atom is -0.462 e. The minimum atomic E-state index is -1.25. The summed E-state index contributed by atoms with van der Waals surface area (Å²) in [5.41, 5.74) is 1.64. The summed E-state index contributed by atoms with van der Waals surface area (Å²) in [4.78, 5) is 12.0. The van der Waals surface area contributed by atoms with Crippen molar-refractivity contribution in [2.45, 2.75) is 32.0 Å². The van der Waals surface area contributed by atoms with Crippen molar-refractivity contribution >= 4 is 17.6 Å². The summed E-state index contributed by atoms with van der Waals surface area (Å²) in [6.07, 6.45) is -0.442. The number of aliphatic hydroxyl groups is 1. The number of carbonyl (C=O) groups is 1. The number of nitrogens with one attached hydrogen (secondary N) is 1. The highest BCUT2D eigenvalue weighted by Gasteiger charge is 2.19. The molecular weight excluding hydrogens is 326 g/mol. The zero-order chi connectivity index (χ0) is 17.4. The Balaban J connectivity index is 1.80. The number of carbonyl (C=O) groups excluding carboxylic acids is 1. The van der Waals surface area contributed by atoms with Gasteiger partial charge in [0.15, 0.2) is 6.10 Å². The molecule has 2 atom stereocenters. The van der Waals surface area contributed by atoms with Crippen LogP contribution in [0.25, 0.3) is 0 Å². The molecule has 0 saturated heterocycles. The molecule has 0 aliphatic heterocycles. The smallest absolute Gasteiger partial charge is 0.339 e. The van der Waals surface area contributed by atoms with Crippen LogP contribution in [0, 0.1) is 0 Å². The summed E-state index contributed by atoms with van der Waals surface area (Å²) in [5.74, 6) is -0.632. The van der Waals surface area contributed by atoms with Crippen molar-refractivity contribution in [3.05, 3.63) is 70.7 Å². The van der Waals surface area contributed by atoms with Gasteiger partial charge in [0.1, 0.15) is 6.61 Å². The lowest BCUT2D eigenvalue weighted by Gasteiger charge is -2.18. The van der Waals surface area contributed by atoms with Gasteiger partial charge in [-0.25, -0.2) is 4.79 Å². The number of esters is 1. The topological polar surface area (TPSA) is 58.6 Å². The summed E-state index contributed by atoms with van der Waals surface area (Å²) in [6.45, 7) is 2.89. The molecule has 0 aromatic heterocycles. The lowest BCUT2D eigenvalue weighted by Crippen LogP contribution is -2.34. The van der Waals surface area contributed by atoms with Crippen molar-refractivity contribution < 1.29 is 14.6 Å². The zero-order valence-electron chi connectivity index (χ0n) is 13.6. The molecule has 0 spiro atoms. The summed E-state index contributed by atoms with van der Waals surface area (Å²) < 4.78 is 5.25. The number of rotatable bonds is 8. The molecular formula is C19H22ClNO3. The number of halogens is 1. The lowest BCUT2D eigenvalue weighted by molar-refractivity contribution is -0.154. The van der Waals surface area contributed by atoms with E-state index in [1.54, 1.807) is 24.3 Å². The number of hydrogen-bond donors (Lipinski definition) is 2. The maximum Gasteiger partial charge on any atom is 0.339 e. The van der Waals surface area contributed by atoms with Gasteiger partial charge < -0.3 is 15.2 Å². The van der Waals surface area contributed by atoms with Crippen molar-refractivity contribution in [3.63, 3.8) is 0 Å². The second kappa shape index (κ2) is 9.42. The van der Waals surface area contributed by atoms with Gasteiger partial charge in [0.2, 0.25) is 0 Å². The fraction of sp³-hybridized carbons (Fsp3) is 0.316. The maximum absolute atomic E-state index is 12.0. The van der Waals surface area contributed by atoms with Crippen molar-refractivity contribution in [3.8, 4) is 0 Å². The summed E-state index contributed by atoms with van der Waals surface area (Å²) >= 11 is 5.86. The molecule has 0 heterocycles. The average Bonchev–Trinajstić information content (AvgIpc) is 2.63. The van der Waals surface area contributed by atoms with Crippen LogP contribution in [0.1, 0.15) is 30.6 Å². The lowest BCUT2D eigenvalue weighted by atomic mass is 10.1. The first-order chi connectivity index (χ1) is 11.6. The minimum absolute atomic E-state index is 0.0209. The van der Waals surface area contributed by atoms with Crippen LogP contribution in [0.4, 0.5) is 0 Å². The third-order valence-corrected chi connectivity index (χ3v) is 4.02. The quantitative estimate of drug-likeness (QED) is 0.718. The second-order valence-electron chi connectivity index (χ2n) is 5.56. The third kappa shape index (κ3) is 5.64. The molecule has 0 fully saturated rings. The highest BCUT2D eigenvalue weighted by molar-refractivity contribution is 6.30. The van der Waals surface area contributed by atoms with Gasteiger partial charge in [-0.2, -0.15) is 0 Å². The molecule has 24 heavy (non-hydrogen) atoms. The van der Waals surface area contributed by atoms with E-state index in [0.717, 1.165) is 12.0 Å². The van der Waals surface area contributed by atoms with Crippen LogP contribution in [-0.4, -0.2) is 23.7 Å². The summed E-state index contributed by atoms with van der Waals surface area (Å²) in [7, 11) is 0. The Bertz CT molecular complexity index is 631. The molecule has 2 rings (SSSR count). The third-order valence-electron chi connectivity index (χ3n) is 3.77. The average molecular weight is 348 g/mol. The zero-order valence-corrected chi connectivity index (χ0v) is 14.4. The SMILES string of the molecule is CCC(COC(=O)C(O)c1ccccc1)NCc1ccc(Cl)cc1. The van der Waals surface area contributed by atoms with Crippen molar-refractivity contribution in [2.75, 3.05) is 6.61 Å². The Kier molecular flexibility index (Phi) is 7.25. The molecule has 0 saturated carbocycles. The number of hydrogen-bond acceptors (Lipinski definition) is 4. The van der Waals surface area contributed by atoms with E-state index < -0.39 is 12.1 Å². The Labute approximate surface area is 147 Å². The van der Waals surface area contributed by atoms with Crippen LogP contribution in [-0.2, 0) is 16.1 Å². The number of aliphatic hydroxyl groups excluding tert-OH is 1. The van der Waals surface area contributed by atoms with Crippen molar-refractivity contribution in [2.24, 2.45) is 0 Å². The second-order valence-corrected chi connectivity index (χ2v) is 5.99. The van der Waals surface area contributed by atoms with Gasteiger partial charge in [-0.1, -0.05) is 61.0 Å². The van der Waals surface area contributed by atoms with E-state index in [-0.39, 0.29) is 12.6 Å². The Morgan fingerprint density at radius 2 is 1.83 bits per heavy atom. The molecule has 0 amide bonds. The first kappa shape index (κ1) is 18.5. The van der Waals surface area contributed by atoms with Crippen LogP contribution in [0.2, 0.25) is 5.02 Å². The molecule has 0 radical (unpaired) electrons. The van der Waals surface area contributed by atoms with E-state index in [1.807, 2.05) is 37.3 Å². The van der Waals surface area contributed by atoms with E-state index in [2.05, 4.69) is 5.32 Å². The van der Waals surface area contributed by atoms with E-state index in [0.29, 0.717) is 17.1 Å². The monoisotopic (exact) mass is 347 g/mol. The molecule has 0 aliphatic rings. The summed E-state index contributed by atoms with van der Waals surface area (Å²) in [5, 5.41) is 14.0. The molecule has 128 valence electrons. The van der Waals surface area contributed by atoms with Crippen LogP contribution in [0.3, 0.4) is 0 Å².